The molecule has 1 heterocycles. The summed E-state index contributed by atoms with van der Waals surface area (Å²) in [4.78, 5) is 24.5. The second-order valence-electron chi connectivity index (χ2n) is 4.64. The molecule has 1 aliphatic heterocycles. The van der Waals surface area contributed by atoms with E-state index < -0.39 is 16.9 Å². The van der Waals surface area contributed by atoms with Gasteiger partial charge in [0, 0.05) is 12.6 Å². The van der Waals surface area contributed by atoms with Gasteiger partial charge in [-0.05, 0) is 12.5 Å². The number of morpholine rings is 1. The number of ether oxygens (including phenoxy) is 1. The molecule has 1 unspecified atom stereocenters. The number of nitrogens with zero attached hydrogens (tertiary/aromatic N) is 2. The number of aliphatic hydroxyl groups excluding tert-OH is 1. The van der Waals surface area contributed by atoms with E-state index in [9.17, 15) is 20.0 Å². The number of benzene rings is 1. The molecule has 0 aliphatic carbocycles. The molecule has 2 rings (SSSR count). The van der Waals surface area contributed by atoms with Crippen LogP contribution in [0.5, 0.6) is 0 Å². The minimum absolute atomic E-state index is 0.0813. The second-order valence-corrected chi connectivity index (χ2v) is 4.64. The third-order valence-electron chi connectivity index (χ3n) is 3.36. The van der Waals surface area contributed by atoms with Crippen molar-refractivity contribution in [1.29, 1.82) is 0 Å². The SMILES string of the molecule is Cc1cccc([N+](=O)[O-])c1C(=O)N1CCOCC1CO. The monoisotopic (exact) mass is 280 g/mol. The number of aliphatic hydroxyl groups is 1. The van der Waals surface area contributed by atoms with Gasteiger partial charge in [0.2, 0.25) is 0 Å². The first-order valence-corrected chi connectivity index (χ1v) is 6.30. The van der Waals surface area contributed by atoms with E-state index in [1.807, 2.05) is 0 Å². The van der Waals surface area contributed by atoms with Crippen molar-refractivity contribution in [2.24, 2.45) is 0 Å². The lowest BCUT2D eigenvalue weighted by Crippen LogP contribution is -2.50. The molecule has 1 aliphatic rings. The molecule has 108 valence electrons. The van der Waals surface area contributed by atoms with Crippen molar-refractivity contribution in [3.8, 4) is 0 Å². The molecule has 1 fully saturated rings. The number of hydrogen-bond donors (Lipinski definition) is 1. The van der Waals surface area contributed by atoms with Gasteiger partial charge < -0.3 is 14.7 Å². The zero-order valence-electron chi connectivity index (χ0n) is 11.1. The Labute approximate surface area is 115 Å². The summed E-state index contributed by atoms with van der Waals surface area (Å²) in [6.45, 7) is 2.35. The summed E-state index contributed by atoms with van der Waals surface area (Å²) in [5.74, 6) is -0.433. The van der Waals surface area contributed by atoms with Gasteiger partial charge in [0.05, 0.1) is 30.8 Å². The average Bonchev–Trinajstić information content (AvgIpc) is 2.46. The van der Waals surface area contributed by atoms with Gasteiger partial charge in [-0.1, -0.05) is 12.1 Å². The maximum atomic E-state index is 12.6. The van der Waals surface area contributed by atoms with Gasteiger partial charge in [-0.15, -0.1) is 0 Å². The Morgan fingerprint density at radius 1 is 1.60 bits per heavy atom. The summed E-state index contributed by atoms with van der Waals surface area (Å²) in [6.07, 6.45) is 0. The second kappa shape index (κ2) is 5.98. The lowest BCUT2D eigenvalue weighted by molar-refractivity contribution is -0.385. The maximum Gasteiger partial charge on any atom is 0.282 e. The van der Waals surface area contributed by atoms with Crippen LogP contribution >= 0.6 is 0 Å². The summed E-state index contributed by atoms with van der Waals surface area (Å²) >= 11 is 0. The van der Waals surface area contributed by atoms with Gasteiger partial charge in [0.1, 0.15) is 5.56 Å². The highest BCUT2D eigenvalue weighted by Gasteiger charge is 2.32. The normalized spacial score (nSPS) is 18.9. The third-order valence-corrected chi connectivity index (χ3v) is 3.36. The summed E-state index contributed by atoms with van der Waals surface area (Å²) in [7, 11) is 0. The highest BCUT2D eigenvalue weighted by atomic mass is 16.6. The molecule has 7 nitrogen and oxygen atoms in total. The number of carbonyl (C=O) groups excluding carboxylic acids is 1. The highest BCUT2D eigenvalue weighted by molar-refractivity contribution is 5.99. The molecule has 7 heteroatoms. The zero-order chi connectivity index (χ0) is 14.7. The van der Waals surface area contributed by atoms with Gasteiger partial charge in [-0.3, -0.25) is 14.9 Å². The largest absolute Gasteiger partial charge is 0.394 e. The molecule has 1 saturated heterocycles. The van der Waals surface area contributed by atoms with Gasteiger partial charge >= 0.3 is 0 Å². The summed E-state index contributed by atoms with van der Waals surface area (Å²) in [6, 6.07) is 4.06. The van der Waals surface area contributed by atoms with Gasteiger partial charge in [-0.2, -0.15) is 0 Å². The Morgan fingerprint density at radius 3 is 3.00 bits per heavy atom. The van der Waals surface area contributed by atoms with E-state index in [4.69, 9.17) is 4.74 Å². The topological polar surface area (TPSA) is 92.9 Å². The van der Waals surface area contributed by atoms with Crippen LogP contribution in [0.1, 0.15) is 15.9 Å². The van der Waals surface area contributed by atoms with Crippen LogP contribution in [-0.4, -0.2) is 53.2 Å². The standard InChI is InChI=1S/C13H16N2O5/c1-9-3-2-4-11(15(18)19)12(9)13(17)14-5-6-20-8-10(14)7-16/h2-4,10,16H,5-8H2,1H3. The smallest absolute Gasteiger partial charge is 0.282 e. The molecule has 1 N–H and O–H groups in total. The molecular weight excluding hydrogens is 264 g/mol. The third kappa shape index (κ3) is 2.63. The van der Waals surface area contributed by atoms with Crippen LogP contribution in [0, 0.1) is 17.0 Å². The van der Waals surface area contributed by atoms with E-state index in [1.165, 1.54) is 11.0 Å². The number of amides is 1. The predicted molar refractivity (Wildman–Crippen MR) is 70.6 cm³/mol. The molecule has 0 saturated carbocycles. The molecule has 1 atom stereocenters. The van der Waals surface area contributed by atoms with Crippen molar-refractivity contribution in [3.05, 3.63) is 39.4 Å². The van der Waals surface area contributed by atoms with E-state index in [2.05, 4.69) is 0 Å². The molecule has 0 radical (unpaired) electrons. The summed E-state index contributed by atoms with van der Waals surface area (Å²) in [5, 5.41) is 20.4. The van der Waals surface area contributed by atoms with Crippen molar-refractivity contribution in [3.63, 3.8) is 0 Å². The van der Waals surface area contributed by atoms with Crippen LogP contribution in [0.3, 0.4) is 0 Å². The molecule has 1 aromatic carbocycles. The Bertz CT molecular complexity index is 531. The van der Waals surface area contributed by atoms with Crippen molar-refractivity contribution in [1.82, 2.24) is 4.90 Å². The molecule has 0 spiro atoms. The lowest BCUT2D eigenvalue weighted by atomic mass is 10.0. The Hall–Kier alpha value is -1.99. The molecule has 1 aromatic rings. The first-order chi connectivity index (χ1) is 9.56. The first-order valence-electron chi connectivity index (χ1n) is 6.30. The average molecular weight is 280 g/mol. The number of nitro benzene ring substituents is 1. The highest BCUT2D eigenvalue weighted by Crippen LogP contribution is 2.25. The van der Waals surface area contributed by atoms with E-state index in [1.54, 1.807) is 19.1 Å². The minimum atomic E-state index is -0.561. The zero-order valence-corrected chi connectivity index (χ0v) is 11.1. The van der Waals surface area contributed by atoms with Crippen LogP contribution in [0.4, 0.5) is 5.69 Å². The number of nitro groups is 1. The molecular formula is C13H16N2O5. The lowest BCUT2D eigenvalue weighted by Gasteiger charge is -2.34. The van der Waals surface area contributed by atoms with Gasteiger partial charge in [0.25, 0.3) is 11.6 Å². The van der Waals surface area contributed by atoms with E-state index in [0.29, 0.717) is 18.7 Å². The quantitative estimate of drug-likeness (QED) is 0.651. The van der Waals surface area contributed by atoms with Gasteiger partial charge in [-0.25, -0.2) is 0 Å². The maximum absolute atomic E-state index is 12.6. The van der Waals surface area contributed by atoms with E-state index in [-0.39, 0.29) is 24.5 Å². The molecule has 1 amide bonds. The number of hydrogen-bond acceptors (Lipinski definition) is 5. The number of carbonyl (C=O) groups is 1. The van der Waals surface area contributed by atoms with Crippen molar-refractivity contribution in [2.75, 3.05) is 26.4 Å². The summed E-state index contributed by atoms with van der Waals surface area (Å²) in [5.41, 5.74) is 0.420. The minimum Gasteiger partial charge on any atom is -0.394 e. The molecule has 20 heavy (non-hydrogen) atoms. The van der Waals surface area contributed by atoms with Crippen LogP contribution < -0.4 is 0 Å². The van der Waals surface area contributed by atoms with E-state index in [0.717, 1.165) is 0 Å². The first kappa shape index (κ1) is 14.4. The van der Waals surface area contributed by atoms with Crippen LogP contribution in [0.15, 0.2) is 18.2 Å². The number of aryl methyl sites for hydroxylation is 1. The van der Waals surface area contributed by atoms with Gasteiger partial charge in [0.15, 0.2) is 0 Å². The number of rotatable bonds is 3. The van der Waals surface area contributed by atoms with E-state index >= 15 is 0 Å². The predicted octanol–water partition coefficient (Wildman–Crippen LogP) is 0.737. The molecule has 0 aromatic heterocycles. The van der Waals surface area contributed by atoms with Crippen LogP contribution in [0.25, 0.3) is 0 Å². The van der Waals surface area contributed by atoms with Crippen molar-refractivity contribution >= 4 is 11.6 Å². The van der Waals surface area contributed by atoms with Crippen LogP contribution in [0.2, 0.25) is 0 Å². The Balaban J connectivity index is 2.40. The fourth-order valence-electron chi connectivity index (χ4n) is 2.30. The molecule has 0 bridgehead atoms. The fourth-order valence-corrected chi connectivity index (χ4v) is 2.30. The van der Waals surface area contributed by atoms with Crippen molar-refractivity contribution in [2.45, 2.75) is 13.0 Å². The van der Waals surface area contributed by atoms with Crippen molar-refractivity contribution < 1.29 is 19.6 Å². The fraction of sp³-hybridized carbons (Fsp3) is 0.462. The Morgan fingerprint density at radius 2 is 2.35 bits per heavy atom. The van der Waals surface area contributed by atoms with Crippen LogP contribution in [-0.2, 0) is 4.74 Å². The summed E-state index contributed by atoms with van der Waals surface area (Å²) < 4.78 is 5.21. The Kier molecular flexibility index (Phi) is 4.31.